The number of aryl methyl sites for hydroxylation is 2. The smallest absolute Gasteiger partial charge is 0.357 e. The number of carbonyl (C=O) groups is 1. The third kappa shape index (κ3) is 2.31. The van der Waals surface area contributed by atoms with E-state index in [1.807, 2.05) is 19.9 Å². The Bertz CT molecular complexity index is 573. The molecule has 0 bridgehead atoms. The highest BCUT2D eigenvalue weighted by Crippen LogP contribution is 2.14. The molecule has 0 saturated heterocycles. The van der Waals surface area contributed by atoms with E-state index in [1.165, 1.54) is 10.9 Å². The lowest BCUT2D eigenvalue weighted by Crippen LogP contribution is -2.12. The van der Waals surface area contributed by atoms with Crippen LogP contribution in [0, 0.1) is 13.8 Å². The molecule has 0 aliphatic rings. The zero-order valence-corrected chi connectivity index (χ0v) is 10.1. The van der Waals surface area contributed by atoms with E-state index in [9.17, 15) is 4.79 Å². The first-order valence-electron chi connectivity index (χ1n) is 4.94. The number of halogens is 1. The summed E-state index contributed by atoms with van der Waals surface area (Å²) in [4.78, 5) is 10.8. The van der Waals surface area contributed by atoms with E-state index in [1.54, 1.807) is 4.68 Å². The van der Waals surface area contributed by atoms with Gasteiger partial charge >= 0.3 is 5.97 Å². The quantitative estimate of drug-likeness (QED) is 0.902. The third-order valence-corrected chi connectivity index (χ3v) is 2.58. The molecule has 0 spiro atoms. The van der Waals surface area contributed by atoms with Crippen molar-refractivity contribution in [1.82, 2.24) is 19.6 Å². The SMILES string of the molecule is Cc1cc(C)n(Cn2cc(Cl)c(C(=O)O)n2)n1. The van der Waals surface area contributed by atoms with Crippen LogP contribution in [0.1, 0.15) is 21.9 Å². The van der Waals surface area contributed by atoms with Gasteiger partial charge in [0.2, 0.25) is 0 Å². The second-order valence-corrected chi connectivity index (χ2v) is 4.15. The summed E-state index contributed by atoms with van der Waals surface area (Å²) in [6.45, 7) is 4.15. The molecule has 0 fully saturated rings. The molecule has 0 saturated carbocycles. The number of carboxylic acid groups (broad SMARTS) is 1. The lowest BCUT2D eigenvalue weighted by Gasteiger charge is -2.03. The second kappa shape index (κ2) is 4.21. The number of carboxylic acids is 1. The van der Waals surface area contributed by atoms with Gasteiger partial charge in [0.1, 0.15) is 6.67 Å². The minimum atomic E-state index is -1.14. The molecule has 17 heavy (non-hydrogen) atoms. The third-order valence-electron chi connectivity index (χ3n) is 2.30. The summed E-state index contributed by atoms with van der Waals surface area (Å²) in [5, 5.41) is 17.1. The lowest BCUT2D eigenvalue weighted by molar-refractivity contribution is 0.0689. The summed E-state index contributed by atoms with van der Waals surface area (Å²) < 4.78 is 3.18. The summed E-state index contributed by atoms with van der Waals surface area (Å²) in [7, 11) is 0. The maximum absolute atomic E-state index is 10.8. The standard InChI is InChI=1S/C10H11ClN4O2/c1-6-3-7(2)15(12-6)5-14-4-8(11)9(13-14)10(16)17/h3-4H,5H2,1-2H3,(H,16,17). The van der Waals surface area contributed by atoms with Gasteiger partial charge in [-0.05, 0) is 19.9 Å². The highest BCUT2D eigenvalue weighted by Gasteiger charge is 2.14. The summed E-state index contributed by atoms with van der Waals surface area (Å²) in [5.74, 6) is -1.14. The Hall–Kier alpha value is -1.82. The largest absolute Gasteiger partial charge is 0.476 e. The Balaban J connectivity index is 2.28. The van der Waals surface area contributed by atoms with Crippen LogP contribution >= 0.6 is 11.6 Å². The number of hydrogen-bond acceptors (Lipinski definition) is 3. The molecule has 2 aromatic rings. The van der Waals surface area contributed by atoms with Crippen LogP contribution < -0.4 is 0 Å². The maximum Gasteiger partial charge on any atom is 0.357 e. The highest BCUT2D eigenvalue weighted by molar-refractivity contribution is 6.33. The van der Waals surface area contributed by atoms with Crippen molar-refractivity contribution in [2.45, 2.75) is 20.5 Å². The average Bonchev–Trinajstić information content (AvgIpc) is 2.71. The van der Waals surface area contributed by atoms with Crippen LogP contribution in [0.3, 0.4) is 0 Å². The summed E-state index contributed by atoms with van der Waals surface area (Å²) >= 11 is 5.76. The molecule has 0 aliphatic heterocycles. The van der Waals surface area contributed by atoms with Gasteiger partial charge in [-0.2, -0.15) is 10.2 Å². The van der Waals surface area contributed by atoms with E-state index in [2.05, 4.69) is 10.2 Å². The Labute approximate surface area is 102 Å². The van der Waals surface area contributed by atoms with E-state index >= 15 is 0 Å². The van der Waals surface area contributed by atoms with Gasteiger partial charge in [-0.25, -0.2) is 14.2 Å². The van der Waals surface area contributed by atoms with Gasteiger partial charge in [0, 0.05) is 11.9 Å². The minimum absolute atomic E-state index is 0.124. The Morgan fingerprint density at radius 2 is 2.18 bits per heavy atom. The molecule has 0 unspecified atom stereocenters. The first-order chi connectivity index (χ1) is 7.97. The molecule has 7 heteroatoms. The van der Waals surface area contributed by atoms with Gasteiger partial charge in [0.15, 0.2) is 5.69 Å². The van der Waals surface area contributed by atoms with Crippen LogP contribution in [-0.2, 0) is 6.67 Å². The van der Waals surface area contributed by atoms with Gasteiger partial charge < -0.3 is 5.11 Å². The Morgan fingerprint density at radius 3 is 2.65 bits per heavy atom. The van der Waals surface area contributed by atoms with Crippen LogP contribution in [0.15, 0.2) is 12.3 Å². The minimum Gasteiger partial charge on any atom is -0.476 e. The van der Waals surface area contributed by atoms with E-state index in [0.29, 0.717) is 6.67 Å². The second-order valence-electron chi connectivity index (χ2n) is 3.74. The van der Waals surface area contributed by atoms with Gasteiger partial charge in [-0.3, -0.25) is 0 Å². The fourth-order valence-corrected chi connectivity index (χ4v) is 1.80. The molecule has 0 aliphatic carbocycles. The van der Waals surface area contributed by atoms with Crippen LogP contribution in [0.25, 0.3) is 0 Å². The van der Waals surface area contributed by atoms with Crippen LogP contribution in [0.4, 0.5) is 0 Å². The van der Waals surface area contributed by atoms with Crippen molar-refractivity contribution in [2.24, 2.45) is 0 Å². The molecule has 2 rings (SSSR count). The van der Waals surface area contributed by atoms with Crippen molar-refractivity contribution in [3.05, 3.63) is 34.4 Å². The van der Waals surface area contributed by atoms with Crippen molar-refractivity contribution in [3.8, 4) is 0 Å². The number of hydrogen-bond donors (Lipinski definition) is 1. The summed E-state index contributed by atoms with van der Waals surface area (Å²) in [5.41, 5.74) is 1.73. The fourth-order valence-electron chi connectivity index (χ4n) is 1.57. The van der Waals surface area contributed by atoms with E-state index in [0.717, 1.165) is 11.4 Å². The van der Waals surface area contributed by atoms with Gasteiger partial charge in [-0.1, -0.05) is 11.6 Å². The average molecular weight is 255 g/mol. The molecular formula is C10H11ClN4O2. The normalized spacial score (nSPS) is 10.8. The van der Waals surface area contributed by atoms with E-state index in [-0.39, 0.29) is 10.7 Å². The zero-order valence-electron chi connectivity index (χ0n) is 9.38. The maximum atomic E-state index is 10.8. The van der Waals surface area contributed by atoms with Crippen molar-refractivity contribution in [1.29, 1.82) is 0 Å². The molecule has 2 heterocycles. The first-order valence-corrected chi connectivity index (χ1v) is 5.32. The zero-order chi connectivity index (χ0) is 12.6. The topological polar surface area (TPSA) is 72.9 Å². The molecule has 0 radical (unpaired) electrons. The van der Waals surface area contributed by atoms with Crippen LogP contribution in [-0.4, -0.2) is 30.6 Å². The number of rotatable bonds is 3. The van der Waals surface area contributed by atoms with E-state index < -0.39 is 5.97 Å². The van der Waals surface area contributed by atoms with Crippen molar-refractivity contribution in [3.63, 3.8) is 0 Å². The van der Waals surface area contributed by atoms with Crippen molar-refractivity contribution < 1.29 is 9.90 Å². The Morgan fingerprint density at radius 1 is 1.47 bits per heavy atom. The monoisotopic (exact) mass is 254 g/mol. The van der Waals surface area contributed by atoms with Crippen LogP contribution in [0.2, 0.25) is 5.02 Å². The van der Waals surface area contributed by atoms with Gasteiger partial charge in [0.05, 0.1) is 10.7 Å². The molecule has 1 N–H and O–H groups in total. The van der Waals surface area contributed by atoms with E-state index in [4.69, 9.17) is 16.7 Å². The van der Waals surface area contributed by atoms with Crippen molar-refractivity contribution >= 4 is 17.6 Å². The predicted octanol–water partition coefficient (Wildman–Crippen LogP) is 1.55. The van der Waals surface area contributed by atoms with Gasteiger partial charge in [-0.15, -0.1) is 0 Å². The van der Waals surface area contributed by atoms with Gasteiger partial charge in [0.25, 0.3) is 0 Å². The van der Waals surface area contributed by atoms with Crippen LogP contribution in [0.5, 0.6) is 0 Å². The highest BCUT2D eigenvalue weighted by atomic mass is 35.5. The molecule has 2 aromatic heterocycles. The number of nitrogens with zero attached hydrogens (tertiary/aromatic N) is 4. The van der Waals surface area contributed by atoms with Crippen molar-refractivity contribution in [2.75, 3.05) is 0 Å². The number of aromatic nitrogens is 4. The first kappa shape index (κ1) is 11.7. The fraction of sp³-hybridized carbons (Fsp3) is 0.300. The molecule has 6 nitrogen and oxygen atoms in total. The summed E-state index contributed by atoms with van der Waals surface area (Å²) in [6, 6.07) is 1.93. The lowest BCUT2D eigenvalue weighted by atomic mass is 10.4. The molecule has 0 atom stereocenters. The Kier molecular flexibility index (Phi) is 2.89. The number of aromatic carboxylic acids is 1. The predicted molar refractivity (Wildman–Crippen MR) is 61.3 cm³/mol. The summed E-state index contributed by atoms with van der Waals surface area (Å²) in [6.07, 6.45) is 1.47. The molecule has 90 valence electrons. The molecular weight excluding hydrogens is 244 g/mol. The molecule has 0 amide bonds. The molecule has 0 aromatic carbocycles.